The van der Waals surface area contributed by atoms with Crippen molar-refractivity contribution in [2.45, 2.75) is 6.92 Å². The van der Waals surface area contributed by atoms with Crippen LogP contribution in [-0.2, 0) is 19.1 Å². The van der Waals surface area contributed by atoms with Crippen molar-refractivity contribution >= 4 is 11.9 Å². The molecule has 0 heterocycles. The molecule has 68 valence electrons. The number of halogens is 1. The van der Waals surface area contributed by atoms with Crippen LogP contribution in [0.3, 0.4) is 0 Å². The number of esters is 2. The second-order valence-corrected chi connectivity index (χ2v) is 1.74. The fraction of sp³-hybridized carbons (Fsp3) is 0.429. The van der Waals surface area contributed by atoms with Gasteiger partial charge in [0.05, 0.1) is 19.8 Å². The summed E-state index contributed by atoms with van der Waals surface area (Å²) >= 11 is 0. The average molecular weight is 176 g/mol. The third kappa shape index (κ3) is 3.70. The third-order valence-electron chi connectivity index (χ3n) is 0.912. The molecule has 0 aromatic rings. The molecule has 0 N–H and O–H groups in total. The van der Waals surface area contributed by atoms with Gasteiger partial charge >= 0.3 is 11.9 Å². The van der Waals surface area contributed by atoms with Gasteiger partial charge in [0.1, 0.15) is 0 Å². The van der Waals surface area contributed by atoms with Crippen LogP contribution in [0.1, 0.15) is 6.92 Å². The SMILES string of the molecule is CCOC(=O)/C=C(\F)C(=O)OC. The monoisotopic (exact) mass is 176 g/mol. The number of hydrogen-bond donors (Lipinski definition) is 0. The van der Waals surface area contributed by atoms with Crippen LogP contribution in [0.5, 0.6) is 0 Å². The van der Waals surface area contributed by atoms with Crippen molar-refractivity contribution in [2.75, 3.05) is 13.7 Å². The van der Waals surface area contributed by atoms with Gasteiger partial charge in [-0.15, -0.1) is 0 Å². The molecule has 0 amide bonds. The van der Waals surface area contributed by atoms with Gasteiger partial charge in [0, 0.05) is 0 Å². The van der Waals surface area contributed by atoms with E-state index in [1.54, 1.807) is 6.92 Å². The number of hydrogen-bond acceptors (Lipinski definition) is 4. The Morgan fingerprint density at radius 1 is 1.50 bits per heavy atom. The minimum Gasteiger partial charge on any atom is -0.464 e. The zero-order valence-corrected chi connectivity index (χ0v) is 6.80. The largest absolute Gasteiger partial charge is 0.464 e. The summed E-state index contributed by atoms with van der Waals surface area (Å²) in [7, 11) is 1.01. The van der Waals surface area contributed by atoms with E-state index in [4.69, 9.17) is 0 Å². The van der Waals surface area contributed by atoms with Crippen LogP contribution in [0.4, 0.5) is 4.39 Å². The lowest BCUT2D eigenvalue weighted by Gasteiger charge is -1.96. The normalized spacial score (nSPS) is 10.8. The first-order valence-electron chi connectivity index (χ1n) is 3.24. The van der Waals surface area contributed by atoms with E-state index < -0.39 is 17.8 Å². The number of carbonyl (C=O) groups excluding carboxylic acids is 2. The fourth-order valence-electron chi connectivity index (χ4n) is 0.444. The summed E-state index contributed by atoms with van der Waals surface area (Å²) < 4.78 is 20.8. The molecule has 0 aromatic carbocycles. The Labute approximate surface area is 69.0 Å². The topological polar surface area (TPSA) is 52.6 Å². The lowest BCUT2D eigenvalue weighted by atomic mass is 10.4. The average Bonchev–Trinajstić information content (AvgIpc) is 2.03. The molecule has 0 spiro atoms. The highest BCUT2D eigenvalue weighted by atomic mass is 19.1. The zero-order valence-electron chi connectivity index (χ0n) is 6.80. The van der Waals surface area contributed by atoms with E-state index in [0.29, 0.717) is 6.08 Å². The van der Waals surface area contributed by atoms with Gasteiger partial charge in [-0.1, -0.05) is 0 Å². The predicted molar refractivity (Wildman–Crippen MR) is 37.8 cm³/mol. The first-order chi connectivity index (χ1) is 5.61. The lowest BCUT2D eigenvalue weighted by molar-refractivity contribution is -0.140. The maximum Gasteiger partial charge on any atom is 0.367 e. The van der Waals surface area contributed by atoms with Crippen LogP contribution in [0.25, 0.3) is 0 Å². The van der Waals surface area contributed by atoms with E-state index in [1.165, 1.54) is 0 Å². The van der Waals surface area contributed by atoms with Crippen molar-refractivity contribution in [3.05, 3.63) is 11.9 Å². The van der Waals surface area contributed by atoms with Crippen molar-refractivity contribution in [1.82, 2.24) is 0 Å². The molecule has 0 saturated carbocycles. The summed E-state index contributed by atoms with van der Waals surface area (Å²) in [5.74, 6) is -3.36. The van der Waals surface area contributed by atoms with E-state index in [2.05, 4.69) is 9.47 Å². The smallest absolute Gasteiger partial charge is 0.367 e. The standard InChI is InChI=1S/C7H9FO4/c1-3-12-6(9)4-5(8)7(10)11-2/h4H,3H2,1-2H3/b5-4-. The van der Waals surface area contributed by atoms with Crippen LogP contribution in [-0.4, -0.2) is 25.7 Å². The lowest BCUT2D eigenvalue weighted by Crippen LogP contribution is -2.06. The summed E-state index contributed by atoms with van der Waals surface area (Å²) in [6, 6.07) is 0. The molecule has 0 aliphatic rings. The molecule has 4 nitrogen and oxygen atoms in total. The second kappa shape index (κ2) is 5.29. The van der Waals surface area contributed by atoms with E-state index >= 15 is 0 Å². The molecule has 5 heteroatoms. The van der Waals surface area contributed by atoms with E-state index in [9.17, 15) is 14.0 Å². The Balaban J connectivity index is 4.15. The third-order valence-corrected chi connectivity index (χ3v) is 0.912. The number of carbonyl (C=O) groups is 2. The molecule has 0 saturated heterocycles. The van der Waals surface area contributed by atoms with Crippen molar-refractivity contribution in [2.24, 2.45) is 0 Å². The first-order valence-corrected chi connectivity index (χ1v) is 3.24. The molecule has 0 atom stereocenters. The van der Waals surface area contributed by atoms with Crippen LogP contribution >= 0.6 is 0 Å². The maximum atomic E-state index is 12.5. The van der Waals surface area contributed by atoms with E-state index in [0.717, 1.165) is 7.11 Å². The summed E-state index contributed by atoms with van der Waals surface area (Å²) in [6.07, 6.45) is 0.440. The second-order valence-electron chi connectivity index (χ2n) is 1.74. The van der Waals surface area contributed by atoms with Gasteiger partial charge in [-0.25, -0.2) is 9.59 Å². The highest BCUT2D eigenvalue weighted by Gasteiger charge is 2.10. The van der Waals surface area contributed by atoms with Gasteiger partial charge < -0.3 is 9.47 Å². The summed E-state index contributed by atoms with van der Waals surface area (Å²) in [4.78, 5) is 20.9. The Kier molecular flexibility index (Phi) is 4.67. The van der Waals surface area contributed by atoms with Gasteiger partial charge in [0.25, 0.3) is 0 Å². The van der Waals surface area contributed by atoms with Gasteiger partial charge in [-0.05, 0) is 6.92 Å². The molecule has 0 radical (unpaired) electrons. The molecule has 12 heavy (non-hydrogen) atoms. The predicted octanol–water partition coefficient (Wildman–Crippen LogP) is 0.576. The summed E-state index contributed by atoms with van der Waals surface area (Å²) in [5, 5.41) is 0. The molecule has 0 unspecified atom stereocenters. The van der Waals surface area contributed by atoms with Gasteiger partial charge in [0.2, 0.25) is 5.83 Å². The molecular formula is C7H9FO4. The minimum atomic E-state index is -1.27. The molecule has 0 aromatic heterocycles. The van der Waals surface area contributed by atoms with Crippen molar-refractivity contribution in [1.29, 1.82) is 0 Å². The Morgan fingerprint density at radius 2 is 2.08 bits per heavy atom. The van der Waals surface area contributed by atoms with Crippen molar-refractivity contribution in [3.8, 4) is 0 Å². The molecule has 0 aliphatic heterocycles. The highest BCUT2D eigenvalue weighted by molar-refractivity contribution is 5.94. The van der Waals surface area contributed by atoms with E-state index in [-0.39, 0.29) is 6.61 Å². The maximum absolute atomic E-state index is 12.5. The van der Waals surface area contributed by atoms with E-state index in [1.807, 2.05) is 0 Å². The number of rotatable bonds is 3. The van der Waals surface area contributed by atoms with Gasteiger partial charge in [-0.2, -0.15) is 4.39 Å². The molecule has 0 bridgehead atoms. The number of ether oxygens (including phenoxy) is 2. The minimum absolute atomic E-state index is 0.129. The molecular weight excluding hydrogens is 167 g/mol. The zero-order chi connectivity index (χ0) is 9.56. The van der Waals surface area contributed by atoms with Crippen LogP contribution < -0.4 is 0 Å². The Morgan fingerprint density at radius 3 is 2.50 bits per heavy atom. The van der Waals surface area contributed by atoms with Crippen molar-refractivity contribution < 1.29 is 23.5 Å². The Hall–Kier alpha value is -1.39. The van der Waals surface area contributed by atoms with Gasteiger partial charge in [-0.3, -0.25) is 0 Å². The molecule has 0 aliphatic carbocycles. The van der Waals surface area contributed by atoms with Gasteiger partial charge in [0.15, 0.2) is 0 Å². The van der Waals surface area contributed by atoms with Crippen LogP contribution in [0.15, 0.2) is 11.9 Å². The van der Waals surface area contributed by atoms with Crippen molar-refractivity contribution in [3.63, 3.8) is 0 Å². The number of methoxy groups -OCH3 is 1. The molecule has 0 fully saturated rings. The molecule has 0 rings (SSSR count). The fourth-order valence-corrected chi connectivity index (χ4v) is 0.444. The summed E-state index contributed by atoms with van der Waals surface area (Å²) in [5.41, 5.74) is 0. The van der Waals surface area contributed by atoms with Crippen LogP contribution in [0, 0.1) is 0 Å². The van der Waals surface area contributed by atoms with Crippen LogP contribution in [0.2, 0.25) is 0 Å². The summed E-state index contributed by atoms with van der Waals surface area (Å²) in [6.45, 7) is 1.70. The first kappa shape index (κ1) is 10.6. The Bertz CT molecular complexity index is 209. The highest BCUT2D eigenvalue weighted by Crippen LogP contribution is 1.99. The quantitative estimate of drug-likeness (QED) is 0.466.